The van der Waals surface area contributed by atoms with E-state index in [0.29, 0.717) is 16.5 Å². The number of methoxy groups -OCH3 is 3. The first-order valence-electron chi connectivity index (χ1n) is 4.58. The van der Waals surface area contributed by atoms with E-state index in [0.717, 1.165) is 0 Å². The molecule has 0 atom stereocenters. The van der Waals surface area contributed by atoms with Crippen molar-refractivity contribution in [3.63, 3.8) is 0 Å². The van der Waals surface area contributed by atoms with Gasteiger partial charge in [-0.1, -0.05) is 0 Å². The van der Waals surface area contributed by atoms with E-state index < -0.39 is 5.97 Å². The molecule has 0 aliphatic carbocycles. The van der Waals surface area contributed by atoms with Crippen LogP contribution in [0.3, 0.4) is 0 Å². The van der Waals surface area contributed by atoms with E-state index in [-0.39, 0.29) is 16.9 Å². The van der Waals surface area contributed by atoms with Crippen LogP contribution in [0.5, 0.6) is 11.5 Å². The van der Waals surface area contributed by atoms with Gasteiger partial charge >= 0.3 is 5.97 Å². The van der Waals surface area contributed by atoms with E-state index in [1.807, 2.05) is 0 Å². The lowest BCUT2D eigenvalue weighted by Gasteiger charge is -2.13. The molecule has 0 saturated carbocycles. The van der Waals surface area contributed by atoms with Crippen molar-refractivity contribution < 1.29 is 23.8 Å². The summed E-state index contributed by atoms with van der Waals surface area (Å²) in [5.41, 5.74) is 0.200. The Morgan fingerprint density at radius 1 is 1.24 bits per heavy atom. The molecule has 6 heteroatoms. The molecule has 0 bridgehead atoms. The molecule has 0 N–H and O–H groups in total. The number of halogens is 1. The zero-order valence-corrected chi connectivity index (χ0v) is 11.2. The molecular weight excluding hydrogens is 292 g/mol. The van der Waals surface area contributed by atoms with Gasteiger partial charge in [0.15, 0.2) is 6.29 Å². The van der Waals surface area contributed by atoms with Crippen molar-refractivity contribution in [1.82, 2.24) is 0 Å². The number of hydrogen-bond acceptors (Lipinski definition) is 5. The van der Waals surface area contributed by atoms with Gasteiger partial charge in [0.1, 0.15) is 11.5 Å². The van der Waals surface area contributed by atoms with Crippen LogP contribution in [0.15, 0.2) is 10.5 Å². The first-order chi connectivity index (χ1) is 8.10. The maximum Gasteiger partial charge on any atom is 0.340 e. The summed E-state index contributed by atoms with van der Waals surface area (Å²) in [4.78, 5) is 22.7. The number of carbonyl (C=O) groups is 2. The number of aldehydes is 1. The zero-order valence-electron chi connectivity index (χ0n) is 9.57. The first-order valence-corrected chi connectivity index (χ1v) is 5.37. The Morgan fingerprint density at radius 2 is 1.82 bits per heavy atom. The van der Waals surface area contributed by atoms with Crippen LogP contribution >= 0.6 is 15.9 Å². The molecule has 0 fully saturated rings. The number of ether oxygens (including phenoxy) is 3. The van der Waals surface area contributed by atoms with E-state index in [1.165, 1.54) is 27.4 Å². The van der Waals surface area contributed by atoms with Crippen LogP contribution in [0.2, 0.25) is 0 Å². The fraction of sp³-hybridized carbons (Fsp3) is 0.273. The minimum Gasteiger partial charge on any atom is -0.496 e. The summed E-state index contributed by atoms with van der Waals surface area (Å²) in [6, 6.07) is 1.51. The van der Waals surface area contributed by atoms with Gasteiger partial charge in [-0.2, -0.15) is 0 Å². The summed E-state index contributed by atoms with van der Waals surface area (Å²) >= 11 is 3.20. The van der Waals surface area contributed by atoms with Crippen molar-refractivity contribution in [2.45, 2.75) is 0 Å². The number of rotatable bonds is 4. The van der Waals surface area contributed by atoms with Crippen LogP contribution in [0.4, 0.5) is 0 Å². The van der Waals surface area contributed by atoms with Crippen molar-refractivity contribution in [2.75, 3.05) is 21.3 Å². The predicted octanol–water partition coefficient (Wildman–Crippen LogP) is 2.07. The molecule has 0 aromatic heterocycles. The average molecular weight is 303 g/mol. The summed E-state index contributed by atoms with van der Waals surface area (Å²) in [5, 5.41) is 0. The van der Waals surface area contributed by atoms with Gasteiger partial charge in [0.2, 0.25) is 0 Å². The monoisotopic (exact) mass is 302 g/mol. The Morgan fingerprint density at radius 3 is 2.24 bits per heavy atom. The van der Waals surface area contributed by atoms with Crippen molar-refractivity contribution in [2.24, 2.45) is 0 Å². The lowest BCUT2D eigenvalue weighted by Crippen LogP contribution is -2.09. The van der Waals surface area contributed by atoms with Gasteiger partial charge < -0.3 is 14.2 Å². The normalized spacial score (nSPS) is 9.65. The minimum absolute atomic E-state index is 0.0821. The number of carbonyl (C=O) groups excluding carboxylic acids is 2. The van der Waals surface area contributed by atoms with Gasteiger partial charge in [0.05, 0.1) is 36.9 Å². The third kappa shape index (κ3) is 2.41. The molecule has 0 heterocycles. The number of benzene rings is 1. The molecule has 0 radical (unpaired) electrons. The van der Waals surface area contributed by atoms with Crippen LogP contribution in [-0.2, 0) is 4.74 Å². The van der Waals surface area contributed by atoms with Gasteiger partial charge in [-0.25, -0.2) is 4.79 Å². The van der Waals surface area contributed by atoms with Crippen molar-refractivity contribution in [3.05, 3.63) is 21.7 Å². The molecule has 0 aliphatic rings. The zero-order chi connectivity index (χ0) is 13.0. The Labute approximate surface area is 107 Å². The van der Waals surface area contributed by atoms with Crippen LogP contribution < -0.4 is 9.47 Å². The molecule has 0 unspecified atom stereocenters. The summed E-state index contributed by atoms with van der Waals surface area (Å²) in [5.74, 6) is -0.00975. The van der Waals surface area contributed by atoms with E-state index in [1.54, 1.807) is 0 Å². The molecule has 1 aromatic carbocycles. The molecule has 0 spiro atoms. The number of esters is 1. The highest BCUT2D eigenvalue weighted by molar-refractivity contribution is 9.10. The molecule has 0 saturated heterocycles. The Balaban J connectivity index is 3.61. The second-order valence-electron chi connectivity index (χ2n) is 2.99. The standard InChI is InChI=1S/C11H11BrO5/c1-15-7-4-8(16-2)10(12)9(6(7)5-13)11(14)17-3/h4-5H,1-3H3. The fourth-order valence-electron chi connectivity index (χ4n) is 1.36. The largest absolute Gasteiger partial charge is 0.496 e. The van der Waals surface area contributed by atoms with Crippen molar-refractivity contribution >= 4 is 28.2 Å². The molecule has 0 aliphatic heterocycles. The predicted molar refractivity (Wildman–Crippen MR) is 64.0 cm³/mol. The van der Waals surface area contributed by atoms with Crippen LogP contribution in [0.25, 0.3) is 0 Å². The molecule has 1 rings (SSSR count). The highest BCUT2D eigenvalue weighted by Crippen LogP contribution is 2.37. The highest BCUT2D eigenvalue weighted by atomic mass is 79.9. The summed E-state index contributed by atoms with van der Waals surface area (Å²) in [7, 11) is 4.08. The third-order valence-electron chi connectivity index (χ3n) is 2.18. The second-order valence-corrected chi connectivity index (χ2v) is 3.79. The fourth-order valence-corrected chi connectivity index (χ4v) is 2.01. The SMILES string of the molecule is COC(=O)c1c(Br)c(OC)cc(OC)c1C=O. The lowest BCUT2D eigenvalue weighted by molar-refractivity contribution is 0.0596. The van der Waals surface area contributed by atoms with Crippen molar-refractivity contribution in [3.8, 4) is 11.5 Å². The Kier molecular flexibility index (Phi) is 4.51. The smallest absolute Gasteiger partial charge is 0.340 e. The molecule has 1 aromatic rings. The summed E-state index contributed by atoms with van der Waals surface area (Å²) in [6.07, 6.45) is 0.537. The quantitative estimate of drug-likeness (QED) is 0.629. The number of hydrogen-bond donors (Lipinski definition) is 0. The van der Waals surface area contributed by atoms with Gasteiger partial charge in [-0.3, -0.25) is 4.79 Å². The lowest BCUT2D eigenvalue weighted by atomic mass is 10.1. The van der Waals surface area contributed by atoms with Gasteiger partial charge in [0.25, 0.3) is 0 Å². The van der Waals surface area contributed by atoms with E-state index in [9.17, 15) is 9.59 Å². The molecular formula is C11H11BrO5. The van der Waals surface area contributed by atoms with E-state index in [2.05, 4.69) is 20.7 Å². The topological polar surface area (TPSA) is 61.8 Å². The summed E-state index contributed by atoms with van der Waals surface area (Å²) in [6.45, 7) is 0. The average Bonchev–Trinajstić information content (AvgIpc) is 2.36. The van der Waals surface area contributed by atoms with Gasteiger partial charge in [0, 0.05) is 6.07 Å². The first kappa shape index (κ1) is 13.5. The molecule has 17 heavy (non-hydrogen) atoms. The van der Waals surface area contributed by atoms with Crippen molar-refractivity contribution in [1.29, 1.82) is 0 Å². The highest BCUT2D eigenvalue weighted by Gasteiger charge is 2.23. The Hall–Kier alpha value is -1.56. The third-order valence-corrected chi connectivity index (χ3v) is 2.97. The molecule has 0 amide bonds. The molecule has 5 nitrogen and oxygen atoms in total. The molecule has 92 valence electrons. The summed E-state index contributed by atoms with van der Waals surface area (Å²) < 4.78 is 15.1. The van der Waals surface area contributed by atoms with Gasteiger partial charge in [-0.15, -0.1) is 0 Å². The van der Waals surface area contributed by atoms with Crippen LogP contribution in [-0.4, -0.2) is 33.6 Å². The maximum absolute atomic E-state index is 11.6. The minimum atomic E-state index is -0.642. The van der Waals surface area contributed by atoms with E-state index in [4.69, 9.17) is 9.47 Å². The van der Waals surface area contributed by atoms with Crippen LogP contribution in [0, 0.1) is 0 Å². The second kappa shape index (κ2) is 5.67. The van der Waals surface area contributed by atoms with E-state index >= 15 is 0 Å². The Bertz CT molecular complexity index is 456. The maximum atomic E-state index is 11.6. The van der Waals surface area contributed by atoms with Crippen LogP contribution in [0.1, 0.15) is 20.7 Å². The van der Waals surface area contributed by atoms with Gasteiger partial charge in [-0.05, 0) is 15.9 Å².